The molecule has 0 spiro atoms. The van der Waals surface area contributed by atoms with E-state index < -0.39 is 0 Å². The Morgan fingerprint density at radius 1 is 1.33 bits per heavy atom. The Balaban J connectivity index is 1.73. The Morgan fingerprint density at radius 3 is 2.88 bits per heavy atom. The van der Waals surface area contributed by atoms with Crippen LogP contribution in [-0.4, -0.2) is 51.3 Å². The Labute approximate surface area is 146 Å². The molecule has 1 aliphatic rings. The second-order valence-corrected chi connectivity index (χ2v) is 6.34. The van der Waals surface area contributed by atoms with Crippen LogP contribution in [0.4, 0.5) is 0 Å². The van der Waals surface area contributed by atoms with Crippen LogP contribution >= 0.6 is 0 Å². The molecule has 1 saturated carbocycles. The predicted molar refractivity (Wildman–Crippen MR) is 98.6 cm³/mol. The summed E-state index contributed by atoms with van der Waals surface area (Å²) in [5, 5.41) is 3.40. The summed E-state index contributed by atoms with van der Waals surface area (Å²) < 4.78 is 11.4. The molecular formula is C19H31N3O2. The zero-order chi connectivity index (χ0) is 17.2. The molecule has 5 heteroatoms. The van der Waals surface area contributed by atoms with Gasteiger partial charge in [0.15, 0.2) is 5.96 Å². The van der Waals surface area contributed by atoms with Gasteiger partial charge in [0.2, 0.25) is 0 Å². The van der Waals surface area contributed by atoms with Crippen LogP contribution in [0.5, 0.6) is 5.75 Å². The maximum atomic E-state index is 5.70. The lowest BCUT2D eigenvalue weighted by molar-refractivity contribution is 0.115. The first-order valence-corrected chi connectivity index (χ1v) is 8.94. The van der Waals surface area contributed by atoms with Crippen molar-refractivity contribution < 1.29 is 9.47 Å². The molecule has 0 amide bonds. The summed E-state index contributed by atoms with van der Waals surface area (Å²) >= 11 is 0. The fourth-order valence-corrected chi connectivity index (χ4v) is 2.37. The number of likely N-dealkylation sites (N-methyl/N-ethyl adjacent to an activating group) is 1. The number of guanidine groups is 1. The van der Waals surface area contributed by atoms with Gasteiger partial charge in [0.25, 0.3) is 0 Å². The Hall–Kier alpha value is -1.75. The summed E-state index contributed by atoms with van der Waals surface area (Å²) in [7, 11) is 3.85. The highest BCUT2D eigenvalue weighted by Gasteiger charge is 2.21. The molecule has 0 saturated heterocycles. The van der Waals surface area contributed by atoms with Crippen molar-refractivity contribution in [1.82, 2.24) is 10.2 Å². The molecule has 1 aliphatic carbocycles. The fraction of sp³-hybridized carbons (Fsp3) is 0.632. The van der Waals surface area contributed by atoms with Crippen LogP contribution in [0.3, 0.4) is 0 Å². The van der Waals surface area contributed by atoms with Crippen molar-refractivity contribution in [3.8, 4) is 5.75 Å². The van der Waals surface area contributed by atoms with E-state index in [9.17, 15) is 0 Å². The van der Waals surface area contributed by atoms with Crippen molar-refractivity contribution in [3.63, 3.8) is 0 Å². The number of nitrogens with zero attached hydrogens (tertiary/aromatic N) is 2. The molecule has 2 rings (SSSR count). The Bertz CT molecular complexity index is 515. The molecule has 1 fully saturated rings. The third-order valence-corrected chi connectivity index (χ3v) is 4.02. The van der Waals surface area contributed by atoms with Gasteiger partial charge in [0.05, 0.1) is 13.2 Å². The highest BCUT2D eigenvalue weighted by Crippen LogP contribution is 2.28. The predicted octanol–water partition coefficient (Wildman–Crippen LogP) is 2.91. The number of hydrogen-bond donors (Lipinski definition) is 1. The summed E-state index contributed by atoms with van der Waals surface area (Å²) in [6.07, 6.45) is 3.68. The third-order valence-electron chi connectivity index (χ3n) is 4.02. The van der Waals surface area contributed by atoms with E-state index in [1.807, 2.05) is 26.2 Å². The fourth-order valence-electron chi connectivity index (χ4n) is 2.37. The molecule has 1 aromatic carbocycles. The molecule has 0 heterocycles. The molecule has 24 heavy (non-hydrogen) atoms. The van der Waals surface area contributed by atoms with Crippen LogP contribution in [0, 0.1) is 5.92 Å². The lowest BCUT2D eigenvalue weighted by Crippen LogP contribution is -2.40. The standard InChI is InChI=1S/C19H31N3O2/c1-4-11-24-18-7-5-6-17(13-18)14-21-19(20-2)22(3)10-12-23-15-16-8-9-16/h5-7,13,16H,4,8-12,14-15H2,1-3H3,(H,20,21). The number of hydrogen-bond acceptors (Lipinski definition) is 3. The lowest BCUT2D eigenvalue weighted by atomic mass is 10.2. The molecule has 0 unspecified atom stereocenters. The van der Waals surface area contributed by atoms with E-state index in [1.54, 1.807) is 0 Å². The average molecular weight is 333 g/mol. The van der Waals surface area contributed by atoms with Gasteiger partial charge in [-0.3, -0.25) is 4.99 Å². The summed E-state index contributed by atoms with van der Waals surface area (Å²) in [5.74, 6) is 2.62. The summed E-state index contributed by atoms with van der Waals surface area (Å²) in [5.41, 5.74) is 1.18. The van der Waals surface area contributed by atoms with Crippen LogP contribution in [0.25, 0.3) is 0 Å². The highest BCUT2D eigenvalue weighted by atomic mass is 16.5. The van der Waals surface area contributed by atoms with Crippen LogP contribution in [-0.2, 0) is 11.3 Å². The van der Waals surface area contributed by atoms with Crippen LogP contribution in [0.2, 0.25) is 0 Å². The van der Waals surface area contributed by atoms with Crippen LogP contribution in [0.15, 0.2) is 29.3 Å². The first kappa shape index (κ1) is 18.6. The number of ether oxygens (including phenoxy) is 2. The first-order chi connectivity index (χ1) is 11.7. The van der Waals surface area contributed by atoms with E-state index in [0.717, 1.165) is 57.0 Å². The quantitative estimate of drug-likeness (QED) is 0.406. The number of benzene rings is 1. The van der Waals surface area contributed by atoms with E-state index in [2.05, 4.69) is 34.3 Å². The molecule has 1 N–H and O–H groups in total. The van der Waals surface area contributed by atoms with Crippen molar-refractivity contribution in [2.45, 2.75) is 32.7 Å². The molecule has 0 bridgehead atoms. The maximum Gasteiger partial charge on any atom is 0.193 e. The SMILES string of the molecule is CCCOc1cccc(CNC(=NC)N(C)CCOCC2CC2)c1. The molecule has 0 radical (unpaired) electrons. The van der Waals surface area contributed by atoms with E-state index >= 15 is 0 Å². The average Bonchev–Trinajstić information content (AvgIpc) is 3.42. The van der Waals surface area contributed by atoms with Gasteiger partial charge in [0, 0.05) is 33.8 Å². The minimum Gasteiger partial charge on any atom is -0.494 e. The van der Waals surface area contributed by atoms with Crippen molar-refractivity contribution in [3.05, 3.63) is 29.8 Å². The molecule has 1 aromatic rings. The number of nitrogens with one attached hydrogen (secondary N) is 1. The molecular weight excluding hydrogens is 302 g/mol. The van der Waals surface area contributed by atoms with Crippen LogP contribution in [0.1, 0.15) is 31.7 Å². The van der Waals surface area contributed by atoms with Gasteiger partial charge in [-0.15, -0.1) is 0 Å². The van der Waals surface area contributed by atoms with Gasteiger partial charge in [-0.1, -0.05) is 19.1 Å². The van der Waals surface area contributed by atoms with Gasteiger partial charge in [-0.2, -0.15) is 0 Å². The second kappa shape index (κ2) is 10.2. The Morgan fingerprint density at radius 2 is 2.17 bits per heavy atom. The topological polar surface area (TPSA) is 46.1 Å². The monoisotopic (exact) mass is 333 g/mol. The zero-order valence-corrected chi connectivity index (χ0v) is 15.3. The van der Waals surface area contributed by atoms with E-state index in [1.165, 1.54) is 18.4 Å². The van der Waals surface area contributed by atoms with Crippen molar-refractivity contribution in [2.75, 3.05) is 40.5 Å². The minimum absolute atomic E-state index is 0.725. The normalized spacial score (nSPS) is 14.5. The van der Waals surface area contributed by atoms with E-state index in [-0.39, 0.29) is 0 Å². The Kier molecular flexibility index (Phi) is 7.89. The van der Waals surface area contributed by atoms with E-state index in [4.69, 9.17) is 9.47 Å². The third kappa shape index (κ3) is 6.79. The van der Waals surface area contributed by atoms with Crippen molar-refractivity contribution in [2.24, 2.45) is 10.9 Å². The van der Waals surface area contributed by atoms with Gasteiger partial charge in [0.1, 0.15) is 5.75 Å². The highest BCUT2D eigenvalue weighted by molar-refractivity contribution is 5.79. The van der Waals surface area contributed by atoms with Gasteiger partial charge < -0.3 is 19.7 Å². The minimum atomic E-state index is 0.725. The zero-order valence-electron chi connectivity index (χ0n) is 15.3. The maximum absolute atomic E-state index is 5.70. The van der Waals surface area contributed by atoms with Crippen LogP contribution < -0.4 is 10.1 Å². The van der Waals surface area contributed by atoms with Gasteiger partial charge >= 0.3 is 0 Å². The first-order valence-electron chi connectivity index (χ1n) is 8.94. The second-order valence-electron chi connectivity index (χ2n) is 6.34. The van der Waals surface area contributed by atoms with Crippen molar-refractivity contribution in [1.29, 1.82) is 0 Å². The van der Waals surface area contributed by atoms with E-state index in [0.29, 0.717) is 0 Å². The summed E-state index contributed by atoms with van der Waals surface area (Å²) in [6.45, 7) is 6.08. The molecule has 5 nitrogen and oxygen atoms in total. The largest absolute Gasteiger partial charge is 0.494 e. The molecule has 0 aliphatic heterocycles. The molecule has 0 atom stereocenters. The van der Waals surface area contributed by atoms with Crippen molar-refractivity contribution >= 4 is 5.96 Å². The lowest BCUT2D eigenvalue weighted by Gasteiger charge is -2.22. The number of rotatable bonds is 10. The van der Waals surface area contributed by atoms with Gasteiger partial charge in [-0.05, 0) is 42.9 Å². The molecule has 0 aromatic heterocycles. The molecule has 134 valence electrons. The van der Waals surface area contributed by atoms with Gasteiger partial charge in [-0.25, -0.2) is 0 Å². The summed E-state index contributed by atoms with van der Waals surface area (Å²) in [6, 6.07) is 8.20. The number of aliphatic imine (C=N–C) groups is 1. The smallest absolute Gasteiger partial charge is 0.193 e. The summed E-state index contributed by atoms with van der Waals surface area (Å²) in [4.78, 5) is 6.45.